The maximum absolute atomic E-state index is 12.0. The number of methoxy groups -OCH3 is 1. The summed E-state index contributed by atoms with van der Waals surface area (Å²) in [5, 5.41) is 0. The van der Waals surface area contributed by atoms with Gasteiger partial charge in [0.25, 0.3) is 0 Å². The molecule has 4 nitrogen and oxygen atoms in total. The van der Waals surface area contributed by atoms with Crippen molar-refractivity contribution in [1.29, 1.82) is 0 Å². The number of benzene rings is 1. The van der Waals surface area contributed by atoms with E-state index in [1.807, 2.05) is 0 Å². The number of esters is 1. The highest BCUT2D eigenvalue weighted by atomic mass is 16.5. The standard InChI is InChI=1S/C20H26O4/c1-15(2)6-5-7-16(3)12-13-24-20(22)14-19(21)17-8-10-18(23-4)11-9-17/h8-13,15H,3,5-7,14H2,1-2,4H3. The first kappa shape index (κ1) is 19.7. The molecule has 0 atom stereocenters. The Morgan fingerprint density at radius 1 is 1.21 bits per heavy atom. The van der Waals surface area contributed by atoms with Gasteiger partial charge < -0.3 is 9.47 Å². The number of carbonyl (C=O) groups is 2. The summed E-state index contributed by atoms with van der Waals surface area (Å²) in [6.07, 6.45) is 5.76. The van der Waals surface area contributed by atoms with Crippen LogP contribution in [-0.4, -0.2) is 18.9 Å². The van der Waals surface area contributed by atoms with Gasteiger partial charge in [0.1, 0.15) is 12.2 Å². The van der Waals surface area contributed by atoms with Crippen LogP contribution in [0.3, 0.4) is 0 Å². The molecular weight excluding hydrogens is 304 g/mol. The molecule has 0 radical (unpaired) electrons. The van der Waals surface area contributed by atoms with E-state index < -0.39 is 5.97 Å². The van der Waals surface area contributed by atoms with Gasteiger partial charge in [-0.15, -0.1) is 0 Å². The number of allylic oxidation sites excluding steroid dienone is 2. The van der Waals surface area contributed by atoms with Gasteiger partial charge in [0.15, 0.2) is 5.78 Å². The van der Waals surface area contributed by atoms with E-state index in [0.29, 0.717) is 17.2 Å². The summed E-state index contributed by atoms with van der Waals surface area (Å²) in [7, 11) is 1.55. The summed E-state index contributed by atoms with van der Waals surface area (Å²) < 4.78 is 9.98. The molecule has 0 heterocycles. The molecule has 24 heavy (non-hydrogen) atoms. The lowest BCUT2D eigenvalue weighted by atomic mass is 10.0. The van der Waals surface area contributed by atoms with Crippen LogP contribution in [0.5, 0.6) is 5.75 Å². The molecule has 0 saturated heterocycles. The molecule has 0 fully saturated rings. The van der Waals surface area contributed by atoms with Crippen LogP contribution in [0, 0.1) is 5.92 Å². The molecule has 0 spiro atoms. The molecule has 0 aliphatic carbocycles. The zero-order chi connectivity index (χ0) is 17.9. The van der Waals surface area contributed by atoms with Gasteiger partial charge in [0, 0.05) is 5.56 Å². The van der Waals surface area contributed by atoms with Crippen LogP contribution in [0.15, 0.2) is 48.8 Å². The zero-order valence-electron chi connectivity index (χ0n) is 14.7. The predicted molar refractivity (Wildman–Crippen MR) is 95.0 cm³/mol. The molecule has 0 N–H and O–H groups in total. The van der Waals surface area contributed by atoms with Gasteiger partial charge >= 0.3 is 5.97 Å². The van der Waals surface area contributed by atoms with Crippen molar-refractivity contribution in [3.63, 3.8) is 0 Å². The average molecular weight is 330 g/mol. The van der Waals surface area contributed by atoms with Crippen molar-refractivity contribution in [2.45, 2.75) is 39.5 Å². The molecule has 0 aliphatic heterocycles. The third-order valence-corrected chi connectivity index (χ3v) is 3.50. The Bertz CT molecular complexity index is 582. The SMILES string of the molecule is C=C(C=COC(=O)CC(=O)c1ccc(OC)cc1)CCCC(C)C. The number of hydrogen-bond donors (Lipinski definition) is 0. The van der Waals surface area contributed by atoms with Gasteiger partial charge in [-0.1, -0.05) is 32.4 Å². The Balaban J connectivity index is 2.35. The second-order valence-corrected chi connectivity index (χ2v) is 6.07. The molecule has 1 rings (SSSR count). The molecular formula is C20H26O4. The van der Waals surface area contributed by atoms with Gasteiger partial charge in [-0.3, -0.25) is 9.59 Å². The van der Waals surface area contributed by atoms with Crippen LogP contribution >= 0.6 is 0 Å². The van der Waals surface area contributed by atoms with Crippen LogP contribution in [0.1, 0.15) is 49.9 Å². The summed E-state index contributed by atoms with van der Waals surface area (Å²) in [6, 6.07) is 6.61. The number of hydrogen-bond acceptors (Lipinski definition) is 4. The maximum atomic E-state index is 12.0. The minimum atomic E-state index is -0.581. The Morgan fingerprint density at radius 3 is 2.46 bits per heavy atom. The summed E-state index contributed by atoms with van der Waals surface area (Å²) in [5.74, 6) is 0.463. The quantitative estimate of drug-likeness (QED) is 0.205. The van der Waals surface area contributed by atoms with E-state index in [0.717, 1.165) is 24.8 Å². The normalized spacial score (nSPS) is 10.8. The van der Waals surface area contributed by atoms with Crippen LogP contribution in [0.4, 0.5) is 0 Å². The molecule has 1 aromatic carbocycles. The Kier molecular flexibility index (Phi) is 8.55. The average Bonchev–Trinajstić information content (AvgIpc) is 2.54. The van der Waals surface area contributed by atoms with Gasteiger partial charge in [-0.25, -0.2) is 0 Å². The molecule has 0 unspecified atom stereocenters. The third-order valence-electron chi connectivity index (χ3n) is 3.50. The molecule has 0 aliphatic rings. The lowest BCUT2D eigenvalue weighted by molar-refractivity contribution is -0.136. The molecule has 0 bridgehead atoms. The molecule has 130 valence electrons. The fourth-order valence-corrected chi connectivity index (χ4v) is 2.08. The molecule has 4 heteroatoms. The van der Waals surface area contributed by atoms with Gasteiger partial charge in [0.05, 0.1) is 13.4 Å². The van der Waals surface area contributed by atoms with E-state index in [4.69, 9.17) is 9.47 Å². The second kappa shape index (κ2) is 10.4. The van der Waals surface area contributed by atoms with Crippen LogP contribution < -0.4 is 4.74 Å². The van der Waals surface area contributed by atoms with Gasteiger partial charge in [0.2, 0.25) is 0 Å². The zero-order valence-corrected chi connectivity index (χ0v) is 14.7. The van der Waals surface area contributed by atoms with Crippen molar-refractivity contribution in [2.24, 2.45) is 5.92 Å². The fourth-order valence-electron chi connectivity index (χ4n) is 2.08. The van der Waals surface area contributed by atoms with Crippen LogP contribution in [0.2, 0.25) is 0 Å². The van der Waals surface area contributed by atoms with E-state index >= 15 is 0 Å². The third kappa shape index (κ3) is 7.77. The molecule has 1 aromatic rings. The molecule has 0 aromatic heterocycles. The van der Waals surface area contributed by atoms with Crippen LogP contribution in [-0.2, 0) is 9.53 Å². The van der Waals surface area contributed by atoms with Crippen molar-refractivity contribution in [3.05, 3.63) is 54.3 Å². The second-order valence-electron chi connectivity index (χ2n) is 6.07. The number of rotatable bonds is 10. The van der Waals surface area contributed by atoms with Gasteiger partial charge in [-0.05, 0) is 49.1 Å². The highest BCUT2D eigenvalue weighted by molar-refractivity contribution is 6.06. The predicted octanol–water partition coefficient (Wildman–Crippen LogP) is 4.71. The largest absolute Gasteiger partial charge is 0.497 e. The summed E-state index contributed by atoms with van der Waals surface area (Å²) >= 11 is 0. The van der Waals surface area contributed by atoms with Crippen LogP contribution in [0.25, 0.3) is 0 Å². The van der Waals surface area contributed by atoms with Crippen molar-refractivity contribution in [3.8, 4) is 5.75 Å². The Hall–Kier alpha value is -2.36. The number of Topliss-reactive ketones (excluding diaryl/α,β-unsaturated/α-hetero) is 1. The first-order chi connectivity index (χ1) is 11.4. The number of carbonyl (C=O) groups excluding carboxylic acids is 2. The first-order valence-corrected chi connectivity index (χ1v) is 8.13. The molecule has 0 amide bonds. The Labute approximate surface area is 144 Å². The molecule has 0 saturated carbocycles. The summed E-state index contributed by atoms with van der Waals surface area (Å²) in [5.41, 5.74) is 1.36. The van der Waals surface area contributed by atoms with Gasteiger partial charge in [-0.2, -0.15) is 0 Å². The van der Waals surface area contributed by atoms with Crippen molar-refractivity contribution in [2.75, 3.05) is 7.11 Å². The van der Waals surface area contributed by atoms with E-state index in [2.05, 4.69) is 20.4 Å². The van der Waals surface area contributed by atoms with Crippen molar-refractivity contribution < 1.29 is 19.1 Å². The highest BCUT2D eigenvalue weighted by Crippen LogP contribution is 2.14. The lowest BCUT2D eigenvalue weighted by Gasteiger charge is -2.04. The van der Waals surface area contributed by atoms with E-state index in [-0.39, 0.29) is 12.2 Å². The first-order valence-electron chi connectivity index (χ1n) is 8.13. The van der Waals surface area contributed by atoms with Crippen molar-refractivity contribution in [1.82, 2.24) is 0 Å². The smallest absolute Gasteiger partial charge is 0.318 e. The minimum absolute atomic E-state index is 0.285. The van der Waals surface area contributed by atoms with E-state index in [1.54, 1.807) is 37.5 Å². The topological polar surface area (TPSA) is 52.6 Å². The van der Waals surface area contributed by atoms with Crippen molar-refractivity contribution >= 4 is 11.8 Å². The van der Waals surface area contributed by atoms with E-state index in [1.165, 1.54) is 6.26 Å². The summed E-state index contributed by atoms with van der Waals surface area (Å²) in [4.78, 5) is 23.7. The minimum Gasteiger partial charge on any atom is -0.497 e. The fraction of sp³-hybridized carbons (Fsp3) is 0.400. The Morgan fingerprint density at radius 2 is 1.88 bits per heavy atom. The lowest BCUT2D eigenvalue weighted by Crippen LogP contribution is -2.09. The monoisotopic (exact) mass is 330 g/mol. The number of ether oxygens (including phenoxy) is 2. The highest BCUT2D eigenvalue weighted by Gasteiger charge is 2.12. The maximum Gasteiger partial charge on any atom is 0.318 e. The summed E-state index contributed by atoms with van der Waals surface area (Å²) in [6.45, 7) is 8.28. The van der Waals surface area contributed by atoms with E-state index in [9.17, 15) is 9.59 Å². The number of ketones is 1.